The number of thiazole rings is 1. The van der Waals surface area contributed by atoms with Crippen molar-refractivity contribution in [1.29, 1.82) is 0 Å². The first-order valence-electron chi connectivity index (χ1n) is 8.28. The molecule has 0 aliphatic carbocycles. The van der Waals surface area contributed by atoms with Gasteiger partial charge in [0, 0.05) is 0 Å². The molecule has 12 heteroatoms. The van der Waals surface area contributed by atoms with Gasteiger partial charge in [-0.2, -0.15) is 4.98 Å². The third kappa shape index (κ3) is 3.53. The first kappa shape index (κ1) is 19.6. The van der Waals surface area contributed by atoms with Gasteiger partial charge in [-0.05, 0) is 5.92 Å². The minimum atomic E-state index is -1.36. The summed E-state index contributed by atoms with van der Waals surface area (Å²) >= 11 is 0.854. The van der Waals surface area contributed by atoms with Gasteiger partial charge < -0.3 is 31.2 Å². The number of nitrogen functional groups attached to an aromatic ring is 1. The Hall–Kier alpha value is -2.12. The topological polar surface area (TPSA) is 176 Å². The van der Waals surface area contributed by atoms with E-state index in [-0.39, 0.29) is 17.5 Å². The number of aliphatic hydroxyl groups is 2. The van der Waals surface area contributed by atoms with Gasteiger partial charge in [0.05, 0.1) is 17.5 Å². The number of aromatic nitrogens is 3. The van der Waals surface area contributed by atoms with Gasteiger partial charge in [-0.1, -0.05) is 25.2 Å². The summed E-state index contributed by atoms with van der Waals surface area (Å²) < 4.78 is 12.6. The van der Waals surface area contributed by atoms with Gasteiger partial charge in [-0.25, -0.2) is 4.98 Å². The van der Waals surface area contributed by atoms with Crippen LogP contribution >= 0.6 is 11.3 Å². The average Bonchev–Trinajstić information content (AvgIpc) is 3.10. The lowest BCUT2D eigenvalue weighted by atomic mass is 10.1. The Morgan fingerprint density at radius 3 is 2.85 bits per heavy atom. The van der Waals surface area contributed by atoms with E-state index in [1.807, 2.05) is 0 Å². The highest BCUT2D eigenvalue weighted by atomic mass is 32.1. The summed E-state index contributed by atoms with van der Waals surface area (Å²) in [6.07, 6.45) is -3.47. The predicted octanol–water partition coefficient (Wildman–Crippen LogP) is -1.42. The molecular weight excluding hydrogens is 378 g/mol. The zero-order valence-electron chi connectivity index (χ0n) is 14.7. The molecule has 0 aromatic carbocycles. The van der Waals surface area contributed by atoms with Gasteiger partial charge >= 0.3 is 10.8 Å². The van der Waals surface area contributed by atoms with Crippen LogP contribution in [0.2, 0.25) is 0 Å². The summed E-state index contributed by atoms with van der Waals surface area (Å²) in [5.41, 5.74) is 11.6. The number of hydrogen-bond acceptors (Lipinski definition) is 11. The molecule has 0 spiro atoms. The lowest BCUT2D eigenvalue weighted by Gasteiger charge is -2.24. The summed E-state index contributed by atoms with van der Waals surface area (Å²) in [5.74, 6) is -0.995. The Morgan fingerprint density at radius 2 is 2.22 bits per heavy atom. The largest absolute Gasteiger partial charge is 0.453 e. The number of carbonyl (C=O) groups is 1. The molecule has 2 aromatic rings. The molecule has 1 aliphatic rings. The van der Waals surface area contributed by atoms with Gasteiger partial charge in [0.25, 0.3) is 0 Å². The number of fused-ring (bicyclic) bond motifs is 1. The van der Waals surface area contributed by atoms with E-state index in [4.69, 9.17) is 20.9 Å². The first-order chi connectivity index (χ1) is 12.7. The Labute approximate surface area is 157 Å². The molecule has 0 bridgehead atoms. The highest BCUT2D eigenvalue weighted by Gasteiger charge is 2.48. The molecule has 5 atom stereocenters. The minimum absolute atomic E-state index is 0.0540. The third-order valence-electron chi connectivity index (χ3n) is 4.37. The SMILES string of the molecule is CC(C)[C@H](N)C(=O)O[C@@H]1[C@@H](O)[C@@H](CO)O[C@H]1n1c(=O)sc2cnc(N)nc21. The molecule has 1 aliphatic heterocycles. The molecule has 2 aromatic heterocycles. The number of carbonyl (C=O) groups excluding carboxylic acids is 1. The fourth-order valence-electron chi connectivity index (χ4n) is 2.76. The van der Waals surface area contributed by atoms with Crippen LogP contribution in [0.3, 0.4) is 0 Å². The van der Waals surface area contributed by atoms with E-state index in [0.717, 1.165) is 15.9 Å². The maximum atomic E-state index is 12.5. The Morgan fingerprint density at radius 1 is 1.52 bits per heavy atom. The highest BCUT2D eigenvalue weighted by molar-refractivity contribution is 7.16. The minimum Gasteiger partial charge on any atom is -0.453 e. The number of rotatable bonds is 5. The number of nitrogens with two attached hydrogens (primary N) is 2. The standard InChI is InChI=1S/C15H21N5O6S/c1-5(2)8(16)13(23)26-10-9(22)6(4-21)25-12(10)20-11-7(27-15(20)24)3-18-14(17)19-11/h3,5-6,8-10,12,21-22H,4,16H2,1-2H3,(H2,17,18,19)/t6-,8+,9+,10-,12-/m1/s1. The van der Waals surface area contributed by atoms with E-state index in [0.29, 0.717) is 4.70 Å². The van der Waals surface area contributed by atoms with Crippen LogP contribution in [0.4, 0.5) is 5.95 Å². The van der Waals surface area contributed by atoms with Crippen molar-refractivity contribution in [3.63, 3.8) is 0 Å². The molecule has 0 radical (unpaired) electrons. The number of ether oxygens (including phenoxy) is 2. The van der Waals surface area contributed by atoms with Crippen LogP contribution in [0.1, 0.15) is 20.1 Å². The lowest BCUT2D eigenvalue weighted by molar-refractivity contribution is -0.161. The monoisotopic (exact) mass is 399 g/mol. The van der Waals surface area contributed by atoms with Gasteiger partial charge in [-0.15, -0.1) is 0 Å². The second-order valence-electron chi connectivity index (χ2n) is 6.56. The van der Waals surface area contributed by atoms with E-state index < -0.39 is 48.0 Å². The molecule has 11 nitrogen and oxygen atoms in total. The van der Waals surface area contributed by atoms with Gasteiger partial charge in [0.1, 0.15) is 18.2 Å². The number of aliphatic hydroxyl groups excluding tert-OH is 2. The maximum Gasteiger partial charge on any atom is 0.323 e. The van der Waals surface area contributed by atoms with Crippen molar-refractivity contribution in [2.24, 2.45) is 11.7 Å². The van der Waals surface area contributed by atoms with Crippen molar-refractivity contribution in [3.8, 4) is 0 Å². The summed E-state index contributed by atoms with van der Waals surface area (Å²) in [4.78, 5) is 32.2. The van der Waals surface area contributed by atoms with Crippen molar-refractivity contribution in [2.45, 2.75) is 44.4 Å². The zero-order chi connectivity index (χ0) is 19.9. The van der Waals surface area contributed by atoms with E-state index in [1.54, 1.807) is 13.8 Å². The van der Waals surface area contributed by atoms with E-state index in [2.05, 4.69) is 9.97 Å². The molecule has 3 rings (SSSR count). The predicted molar refractivity (Wildman–Crippen MR) is 95.8 cm³/mol. The summed E-state index contributed by atoms with van der Waals surface area (Å²) in [5, 5.41) is 19.9. The van der Waals surface area contributed by atoms with Crippen molar-refractivity contribution >= 4 is 33.6 Å². The molecule has 1 saturated heterocycles. The quantitative estimate of drug-likeness (QED) is 0.436. The smallest absolute Gasteiger partial charge is 0.323 e. The van der Waals surface area contributed by atoms with Crippen molar-refractivity contribution in [3.05, 3.63) is 15.9 Å². The highest BCUT2D eigenvalue weighted by Crippen LogP contribution is 2.34. The van der Waals surface area contributed by atoms with Gasteiger partial charge in [-0.3, -0.25) is 14.2 Å². The van der Waals surface area contributed by atoms with Crippen molar-refractivity contribution in [1.82, 2.24) is 14.5 Å². The molecule has 6 N–H and O–H groups in total. The Bertz CT molecular complexity index is 898. The number of anilines is 1. The molecule has 148 valence electrons. The van der Waals surface area contributed by atoms with Crippen LogP contribution in [0, 0.1) is 5.92 Å². The number of esters is 1. The number of nitrogens with zero attached hydrogens (tertiary/aromatic N) is 3. The Balaban J connectivity index is 2.02. The molecule has 27 heavy (non-hydrogen) atoms. The number of hydrogen-bond donors (Lipinski definition) is 4. The van der Waals surface area contributed by atoms with E-state index in [9.17, 15) is 19.8 Å². The molecular formula is C15H21N5O6S. The Kier molecular flexibility index (Phi) is 5.44. The normalized spacial score (nSPS) is 26.6. The van der Waals surface area contributed by atoms with Crippen LogP contribution in [0.15, 0.2) is 11.0 Å². The summed E-state index contributed by atoms with van der Waals surface area (Å²) in [6.45, 7) is 2.96. The van der Waals surface area contributed by atoms with Crippen LogP contribution in [-0.4, -0.2) is 61.7 Å². The van der Waals surface area contributed by atoms with Gasteiger partial charge in [0.15, 0.2) is 18.0 Å². The third-order valence-corrected chi connectivity index (χ3v) is 5.25. The molecule has 0 amide bonds. The molecule has 3 heterocycles. The second kappa shape index (κ2) is 7.48. The average molecular weight is 399 g/mol. The van der Waals surface area contributed by atoms with E-state index >= 15 is 0 Å². The zero-order valence-corrected chi connectivity index (χ0v) is 15.5. The second-order valence-corrected chi connectivity index (χ2v) is 7.56. The van der Waals surface area contributed by atoms with Crippen LogP contribution in [0.25, 0.3) is 10.3 Å². The molecule has 0 unspecified atom stereocenters. The molecule has 1 fully saturated rings. The van der Waals surface area contributed by atoms with Crippen LogP contribution in [-0.2, 0) is 14.3 Å². The van der Waals surface area contributed by atoms with Gasteiger partial charge in [0.2, 0.25) is 5.95 Å². The van der Waals surface area contributed by atoms with Crippen molar-refractivity contribution < 1.29 is 24.5 Å². The van der Waals surface area contributed by atoms with E-state index in [1.165, 1.54) is 6.20 Å². The maximum absolute atomic E-state index is 12.5. The fourth-order valence-corrected chi connectivity index (χ4v) is 3.58. The summed E-state index contributed by atoms with van der Waals surface area (Å²) in [7, 11) is 0. The summed E-state index contributed by atoms with van der Waals surface area (Å²) in [6, 6.07) is -0.917. The lowest BCUT2D eigenvalue weighted by Crippen LogP contribution is -2.44. The fraction of sp³-hybridized carbons (Fsp3) is 0.600. The van der Waals surface area contributed by atoms with Crippen molar-refractivity contribution in [2.75, 3.05) is 12.3 Å². The van der Waals surface area contributed by atoms with Crippen LogP contribution in [0.5, 0.6) is 0 Å². The first-order valence-corrected chi connectivity index (χ1v) is 9.10. The molecule has 0 saturated carbocycles. The van der Waals surface area contributed by atoms with Crippen LogP contribution < -0.4 is 16.3 Å².